The molecule has 0 fully saturated rings. The maximum Gasteiger partial charge on any atom is 0.319 e. The van der Waals surface area contributed by atoms with Crippen LogP contribution in [0.3, 0.4) is 0 Å². The molecule has 1 atom stereocenters. The molecule has 0 radical (unpaired) electrons. The average Bonchev–Trinajstić information content (AvgIpc) is 3.07. The van der Waals surface area contributed by atoms with Gasteiger partial charge in [-0.15, -0.1) is 5.10 Å². The van der Waals surface area contributed by atoms with Crippen LogP contribution in [-0.2, 0) is 0 Å². The van der Waals surface area contributed by atoms with E-state index in [9.17, 15) is 9.90 Å². The second-order valence-electron chi connectivity index (χ2n) is 6.88. The highest BCUT2D eigenvalue weighted by atomic mass is 16.3. The largest absolute Gasteiger partial charge is 0.392 e. The van der Waals surface area contributed by atoms with E-state index in [2.05, 4.69) is 20.9 Å². The number of carbonyl (C=O) groups is 1. The first kappa shape index (κ1) is 17.9. The minimum atomic E-state index is -0.492. The van der Waals surface area contributed by atoms with Crippen LogP contribution in [0.25, 0.3) is 5.69 Å². The number of aromatic nitrogens is 3. The van der Waals surface area contributed by atoms with Crippen LogP contribution in [0.5, 0.6) is 0 Å². The van der Waals surface area contributed by atoms with Gasteiger partial charge in [-0.3, -0.25) is 0 Å². The molecule has 2 rings (SSSR count). The number of hydrogen-bond donors (Lipinski definition) is 3. The summed E-state index contributed by atoms with van der Waals surface area (Å²) in [5, 5.41) is 23.5. The Labute approximate surface area is 142 Å². The number of carbonyl (C=O) groups excluding carboxylic acids is 1. The van der Waals surface area contributed by atoms with Gasteiger partial charge in [0.2, 0.25) is 0 Å². The van der Waals surface area contributed by atoms with Gasteiger partial charge in [-0.1, -0.05) is 39.0 Å². The molecule has 0 aliphatic rings. The summed E-state index contributed by atoms with van der Waals surface area (Å²) in [4.78, 5) is 12.1. The summed E-state index contributed by atoms with van der Waals surface area (Å²) in [5.41, 5.74) is 1.05. The zero-order valence-electron chi connectivity index (χ0n) is 14.5. The fourth-order valence-corrected chi connectivity index (χ4v) is 2.56. The number of aliphatic hydroxyl groups is 1. The van der Waals surface area contributed by atoms with Crippen molar-refractivity contribution in [1.29, 1.82) is 0 Å². The second-order valence-corrected chi connectivity index (χ2v) is 6.88. The molecule has 2 aromatic rings. The molecular formula is C17H25N5O2. The van der Waals surface area contributed by atoms with Crippen molar-refractivity contribution in [2.24, 2.45) is 11.3 Å². The van der Waals surface area contributed by atoms with E-state index in [0.717, 1.165) is 5.69 Å². The first-order chi connectivity index (χ1) is 11.3. The van der Waals surface area contributed by atoms with Crippen LogP contribution in [0.1, 0.15) is 27.7 Å². The first-order valence-electron chi connectivity index (χ1n) is 7.99. The van der Waals surface area contributed by atoms with Crippen molar-refractivity contribution in [3.05, 3.63) is 36.7 Å². The van der Waals surface area contributed by atoms with Crippen molar-refractivity contribution in [3.8, 4) is 5.69 Å². The van der Waals surface area contributed by atoms with E-state index in [0.29, 0.717) is 12.2 Å². The normalized spacial score (nSPS) is 12.9. The van der Waals surface area contributed by atoms with Crippen LogP contribution >= 0.6 is 0 Å². The summed E-state index contributed by atoms with van der Waals surface area (Å²) < 4.78 is 1.62. The van der Waals surface area contributed by atoms with Gasteiger partial charge in [0.05, 0.1) is 24.2 Å². The third kappa shape index (κ3) is 4.55. The molecule has 1 heterocycles. The molecule has 0 spiro atoms. The predicted octanol–water partition coefficient (Wildman–Crippen LogP) is 2.43. The third-order valence-electron chi connectivity index (χ3n) is 3.93. The van der Waals surface area contributed by atoms with Crippen molar-refractivity contribution in [3.63, 3.8) is 0 Å². The van der Waals surface area contributed by atoms with Crippen LogP contribution in [-0.4, -0.2) is 38.8 Å². The smallest absolute Gasteiger partial charge is 0.319 e. The quantitative estimate of drug-likeness (QED) is 0.758. The molecule has 0 aliphatic heterocycles. The Morgan fingerprint density at radius 3 is 2.75 bits per heavy atom. The second kappa shape index (κ2) is 7.44. The van der Waals surface area contributed by atoms with Crippen molar-refractivity contribution < 1.29 is 9.90 Å². The number of amides is 2. The summed E-state index contributed by atoms with van der Waals surface area (Å²) >= 11 is 0. The van der Waals surface area contributed by atoms with E-state index in [1.54, 1.807) is 23.1 Å². The van der Waals surface area contributed by atoms with Gasteiger partial charge < -0.3 is 15.7 Å². The number of nitrogens with one attached hydrogen (secondary N) is 2. The molecular weight excluding hydrogens is 306 g/mol. The number of urea groups is 1. The van der Waals surface area contributed by atoms with E-state index in [-0.39, 0.29) is 11.9 Å². The SMILES string of the molecule is CC(C)[C@H](O)C(C)(C)CNC(=O)Nc1cccc(-n2ccnn2)c1. The van der Waals surface area contributed by atoms with E-state index in [1.807, 2.05) is 45.9 Å². The molecule has 0 saturated carbocycles. The molecule has 1 aromatic heterocycles. The fourth-order valence-electron chi connectivity index (χ4n) is 2.56. The van der Waals surface area contributed by atoms with Crippen LogP contribution in [0.15, 0.2) is 36.7 Å². The van der Waals surface area contributed by atoms with Gasteiger partial charge in [-0.05, 0) is 24.1 Å². The van der Waals surface area contributed by atoms with Crippen LogP contribution in [0.2, 0.25) is 0 Å². The van der Waals surface area contributed by atoms with Gasteiger partial charge in [0.25, 0.3) is 0 Å². The monoisotopic (exact) mass is 331 g/mol. The molecule has 0 saturated heterocycles. The molecule has 2 amide bonds. The minimum absolute atomic E-state index is 0.129. The lowest BCUT2D eigenvalue weighted by molar-refractivity contribution is 0.0154. The van der Waals surface area contributed by atoms with Gasteiger partial charge in [-0.25, -0.2) is 9.48 Å². The standard InChI is InChI=1S/C17H25N5O2/c1-12(2)15(23)17(3,4)11-18-16(24)20-13-6-5-7-14(10-13)22-9-8-19-21-22/h5-10,12,15,23H,11H2,1-4H3,(H2,18,20,24)/t15-/m0/s1. The number of rotatable bonds is 6. The number of hydrogen-bond acceptors (Lipinski definition) is 4. The third-order valence-corrected chi connectivity index (χ3v) is 3.93. The maximum atomic E-state index is 12.1. The zero-order valence-corrected chi connectivity index (χ0v) is 14.5. The fraction of sp³-hybridized carbons (Fsp3) is 0.471. The Morgan fingerprint density at radius 1 is 1.38 bits per heavy atom. The number of benzene rings is 1. The van der Waals surface area contributed by atoms with E-state index in [1.165, 1.54) is 0 Å². The Kier molecular flexibility index (Phi) is 5.56. The molecule has 0 aliphatic carbocycles. The highest BCUT2D eigenvalue weighted by Crippen LogP contribution is 2.25. The molecule has 0 unspecified atom stereocenters. The summed E-state index contributed by atoms with van der Waals surface area (Å²) in [5.74, 6) is 0.129. The zero-order chi connectivity index (χ0) is 17.7. The minimum Gasteiger partial charge on any atom is -0.392 e. The Morgan fingerprint density at radius 2 is 2.12 bits per heavy atom. The van der Waals surface area contributed by atoms with Gasteiger partial charge in [0.15, 0.2) is 0 Å². The molecule has 24 heavy (non-hydrogen) atoms. The number of aliphatic hydroxyl groups excluding tert-OH is 1. The lowest BCUT2D eigenvalue weighted by Gasteiger charge is -2.33. The molecule has 7 nitrogen and oxygen atoms in total. The van der Waals surface area contributed by atoms with Crippen molar-refractivity contribution in [2.75, 3.05) is 11.9 Å². The highest BCUT2D eigenvalue weighted by molar-refractivity contribution is 5.89. The molecule has 3 N–H and O–H groups in total. The number of anilines is 1. The van der Waals surface area contributed by atoms with Crippen molar-refractivity contribution in [1.82, 2.24) is 20.3 Å². The Hall–Kier alpha value is -2.41. The predicted molar refractivity (Wildman–Crippen MR) is 93.0 cm³/mol. The molecule has 130 valence electrons. The molecule has 1 aromatic carbocycles. The van der Waals surface area contributed by atoms with Crippen molar-refractivity contribution >= 4 is 11.7 Å². The van der Waals surface area contributed by atoms with Crippen molar-refractivity contribution in [2.45, 2.75) is 33.8 Å². The van der Waals surface area contributed by atoms with E-state index in [4.69, 9.17) is 0 Å². The first-order valence-corrected chi connectivity index (χ1v) is 7.99. The highest BCUT2D eigenvalue weighted by Gasteiger charge is 2.30. The molecule has 7 heteroatoms. The van der Waals surface area contributed by atoms with Crippen LogP contribution in [0.4, 0.5) is 10.5 Å². The topological polar surface area (TPSA) is 92.1 Å². The van der Waals surface area contributed by atoms with Crippen LogP contribution < -0.4 is 10.6 Å². The van der Waals surface area contributed by atoms with E-state index < -0.39 is 11.5 Å². The van der Waals surface area contributed by atoms with Crippen LogP contribution in [0, 0.1) is 11.3 Å². The lowest BCUT2D eigenvalue weighted by atomic mass is 9.81. The van der Waals surface area contributed by atoms with Gasteiger partial charge in [-0.2, -0.15) is 0 Å². The van der Waals surface area contributed by atoms with E-state index >= 15 is 0 Å². The Bertz CT molecular complexity index is 667. The molecule has 0 bridgehead atoms. The summed E-state index contributed by atoms with van der Waals surface area (Å²) in [7, 11) is 0. The lowest BCUT2D eigenvalue weighted by Crippen LogP contribution is -2.44. The van der Waals surface area contributed by atoms with Gasteiger partial charge in [0.1, 0.15) is 0 Å². The summed E-state index contributed by atoms with van der Waals surface area (Å²) in [6, 6.07) is 7.00. The van der Waals surface area contributed by atoms with Gasteiger partial charge >= 0.3 is 6.03 Å². The Balaban J connectivity index is 1.94. The van der Waals surface area contributed by atoms with Gasteiger partial charge in [0, 0.05) is 17.6 Å². The number of nitrogens with zero attached hydrogens (tertiary/aromatic N) is 3. The average molecular weight is 331 g/mol. The summed E-state index contributed by atoms with van der Waals surface area (Å²) in [6.45, 7) is 8.16. The maximum absolute atomic E-state index is 12.1. The summed E-state index contributed by atoms with van der Waals surface area (Å²) in [6.07, 6.45) is 2.83.